The smallest absolute Gasteiger partial charge is 0.188 e. The Hall–Kier alpha value is -1.58. The van der Waals surface area contributed by atoms with E-state index in [1.807, 2.05) is 12.1 Å². The summed E-state index contributed by atoms with van der Waals surface area (Å²) in [6.45, 7) is 4.78. The highest BCUT2D eigenvalue weighted by Gasteiger charge is 2.20. The van der Waals surface area contributed by atoms with Gasteiger partial charge in [0.15, 0.2) is 5.96 Å². The molecule has 0 heterocycles. The zero-order valence-corrected chi connectivity index (χ0v) is 13.0. The van der Waals surface area contributed by atoms with E-state index in [-0.39, 0.29) is 11.2 Å². The van der Waals surface area contributed by atoms with Gasteiger partial charge in [-0.25, -0.2) is 4.39 Å². The van der Waals surface area contributed by atoms with Crippen LogP contribution in [0.5, 0.6) is 0 Å². The van der Waals surface area contributed by atoms with Crippen LogP contribution in [0, 0.1) is 5.82 Å². The lowest BCUT2D eigenvalue weighted by atomic mass is 9.85. The number of nitrogens with one attached hydrogen (secondary N) is 1. The van der Waals surface area contributed by atoms with Crippen LogP contribution in [0.2, 0.25) is 0 Å². The Kier molecular flexibility index (Phi) is 5.21. The third-order valence-electron chi connectivity index (χ3n) is 4.23. The molecule has 1 aromatic carbocycles. The molecule has 0 atom stereocenters. The topological polar surface area (TPSA) is 50.4 Å². The number of hydrogen-bond donors (Lipinski definition) is 2. The highest BCUT2D eigenvalue weighted by atomic mass is 19.1. The van der Waals surface area contributed by atoms with Crippen molar-refractivity contribution < 1.29 is 4.39 Å². The molecule has 0 aromatic heterocycles. The zero-order valence-electron chi connectivity index (χ0n) is 13.0. The fourth-order valence-electron chi connectivity index (χ4n) is 2.78. The van der Waals surface area contributed by atoms with E-state index < -0.39 is 0 Å². The number of halogens is 1. The first-order valence-electron chi connectivity index (χ1n) is 7.80. The van der Waals surface area contributed by atoms with Crippen LogP contribution in [0.3, 0.4) is 0 Å². The molecule has 0 aliphatic heterocycles. The Bertz CT molecular complexity index is 473. The lowest BCUT2D eigenvalue weighted by Gasteiger charge is -2.25. The second-order valence-corrected chi connectivity index (χ2v) is 6.57. The lowest BCUT2D eigenvalue weighted by Crippen LogP contribution is -2.41. The average Bonchev–Trinajstić information content (AvgIpc) is 2.47. The standard InChI is InChI=1S/C17H26FN3/c1-17(2,13-8-10-14(18)11-9-13)12-20-16(19)21-15-6-4-3-5-7-15/h8-11,15H,3-7,12H2,1-2H3,(H3,19,20,21). The molecule has 1 saturated carbocycles. The van der Waals surface area contributed by atoms with Gasteiger partial charge in [-0.05, 0) is 30.5 Å². The van der Waals surface area contributed by atoms with Gasteiger partial charge in [-0.15, -0.1) is 0 Å². The van der Waals surface area contributed by atoms with E-state index >= 15 is 0 Å². The molecule has 21 heavy (non-hydrogen) atoms. The van der Waals surface area contributed by atoms with Gasteiger partial charge in [0.2, 0.25) is 0 Å². The number of aliphatic imine (C=N–C) groups is 1. The molecule has 1 aromatic rings. The highest BCUT2D eigenvalue weighted by molar-refractivity contribution is 5.78. The molecule has 4 heteroatoms. The van der Waals surface area contributed by atoms with Crippen molar-refractivity contribution in [2.24, 2.45) is 10.7 Å². The molecule has 0 amide bonds. The normalized spacial score (nSPS) is 17.8. The number of nitrogens with two attached hydrogens (primary N) is 1. The van der Waals surface area contributed by atoms with Gasteiger partial charge in [-0.1, -0.05) is 45.2 Å². The van der Waals surface area contributed by atoms with Crippen molar-refractivity contribution in [3.8, 4) is 0 Å². The molecule has 0 saturated heterocycles. The minimum atomic E-state index is -0.212. The number of rotatable bonds is 4. The van der Waals surface area contributed by atoms with Crippen molar-refractivity contribution in [3.05, 3.63) is 35.6 Å². The van der Waals surface area contributed by atoms with E-state index in [1.165, 1.54) is 44.2 Å². The molecule has 3 N–H and O–H groups in total. The molecule has 2 rings (SSSR count). The maximum Gasteiger partial charge on any atom is 0.188 e. The molecular formula is C17H26FN3. The van der Waals surface area contributed by atoms with Gasteiger partial charge in [0.05, 0.1) is 6.54 Å². The van der Waals surface area contributed by atoms with Crippen molar-refractivity contribution in [1.29, 1.82) is 0 Å². The molecular weight excluding hydrogens is 265 g/mol. The molecule has 0 unspecified atom stereocenters. The maximum absolute atomic E-state index is 13.0. The first-order chi connectivity index (χ1) is 9.97. The SMILES string of the molecule is CC(C)(CN=C(N)NC1CCCCC1)c1ccc(F)cc1. The van der Waals surface area contributed by atoms with Crippen LogP contribution in [0.15, 0.2) is 29.3 Å². The quantitative estimate of drug-likeness (QED) is 0.660. The predicted octanol–water partition coefficient (Wildman–Crippen LogP) is 3.34. The zero-order chi connectivity index (χ0) is 15.3. The predicted molar refractivity (Wildman–Crippen MR) is 85.9 cm³/mol. The molecule has 1 aliphatic carbocycles. The van der Waals surface area contributed by atoms with Crippen molar-refractivity contribution >= 4 is 5.96 Å². The molecule has 116 valence electrons. The summed E-state index contributed by atoms with van der Waals surface area (Å²) < 4.78 is 13.0. The summed E-state index contributed by atoms with van der Waals surface area (Å²) in [5.41, 5.74) is 6.90. The average molecular weight is 291 g/mol. The molecule has 3 nitrogen and oxygen atoms in total. The van der Waals surface area contributed by atoms with Gasteiger partial charge in [-0.3, -0.25) is 4.99 Å². The summed E-state index contributed by atoms with van der Waals surface area (Å²) in [6.07, 6.45) is 6.22. The minimum Gasteiger partial charge on any atom is -0.370 e. The third-order valence-corrected chi connectivity index (χ3v) is 4.23. The second kappa shape index (κ2) is 6.92. The van der Waals surface area contributed by atoms with Crippen molar-refractivity contribution in [1.82, 2.24) is 5.32 Å². The molecule has 1 fully saturated rings. The summed E-state index contributed by atoms with van der Waals surface area (Å²) in [5, 5.41) is 3.32. The number of hydrogen-bond acceptors (Lipinski definition) is 1. The third kappa shape index (κ3) is 4.73. The first-order valence-corrected chi connectivity index (χ1v) is 7.80. The van der Waals surface area contributed by atoms with Crippen LogP contribution in [0.25, 0.3) is 0 Å². The van der Waals surface area contributed by atoms with Gasteiger partial charge in [0.1, 0.15) is 5.82 Å². The summed E-state index contributed by atoms with van der Waals surface area (Å²) >= 11 is 0. The Morgan fingerprint density at radius 3 is 2.48 bits per heavy atom. The highest BCUT2D eigenvalue weighted by Crippen LogP contribution is 2.23. The Morgan fingerprint density at radius 1 is 1.24 bits per heavy atom. The van der Waals surface area contributed by atoms with E-state index in [0.717, 1.165) is 5.56 Å². The van der Waals surface area contributed by atoms with Gasteiger partial charge in [0, 0.05) is 11.5 Å². The maximum atomic E-state index is 13.0. The minimum absolute atomic E-state index is 0.160. The van der Waals surface area contributed by atoms with E-state index in [4.69, 9.17) is 5.73 Å². The second-order valence-electron chi connectivity index (χ2n) is 6.57. The summed E-state index contributed by atoms with van der Waals surface area (Å²) in [5.74, 6) is 0.314. The van der Waals surface area contributed by atoms with Gasteiger partial charge in [0.25, 0.3) is 0 Å². The van der Waals surface area contributed by atoms with Gasteiger partial charge >= 0.3 is 0 Å². The Labute approximate surface area is 126 Å². The molecule has 1 aliphatic rings. The van der Waals surface area contributed by atoms with Crippen molar-refractivity contribution in [2.45, 2.75) is 57.4 Å². The summed E-state index contributed by atoms with van der Waals surface area (Å²) in [6, 6.07) is 7.08. The lowest BCUT2D eigenvalue weighted by molar-refractivity contribution is 0.411. The van der Waals surface area contributed by atoms with Crippen LogP contribution < -0.4 is 11.1 Å². The summed E-state index contributed by atoms with van der Waals surface area (Å²) in [7, 11) is 0. The first kappa shape index (κ1) is 15.8. The van der Waals surface area contributed by atoms with Crippen molar-refractivity contribution in [2.75, 3.05) is 6.54 Å². The number of nitrogens with zero attached hydrogens (tertiary/aromatic N) is 1. The monoisotopic (exact) mass is 291 g/mol. The number of guanidine groups is 1. The van der Waals surface area contributed by atoms with Gasteiger partial charge < -0.3 is 11.1 Å². The van der Waals surface area contributed by atoms with E-state index in [2.05, 4.69) is 24.2 Å². The van der Waals surface area contributed by atoms with E-state index in [1.54, 1.807) is 0 Å². The van der Waals surface area contributed by atoms with Crippen LogP contribution in [0.4, 0.5) is 4.39 Å². The Morgan fingerprint density at radius 2 is 1.86 bits per heavy atom. The molecule has 0 bridgehead atoms. The fraction of sp³-hybridized carbons (Fsp3) is 0.588. The number of benzene rings is 1. The van der Waals surface area contributed by atoms with Crippen molar-refractivity contribution in [3.63, 3.8) is 0 Å². The van der Waals surface area contributed by atoms with Gasteiger partial charge in [-0.2, -0.15) is 0 Å². The Balaban J connectivity index is 1.92. The van der Waals surface area contributed by atoms with Crippen LogP contribution >= 0.6 is 0 Å². The van der Waals surface area contributed by atoms with E-state index in [0.29, 0.717) is 18.5 Å². The van der Waals surface area contributed by atoms with E-state index in [9.17, 15) is 4.39 Å². The molecule has 0 radical (unpaired) electrons. The summed E-state index contributed by atoms with van der Waals surface area (Å²) in [4.78, 5) is 4.48. The van der Waals surface area contributed by atoms with Crippen LogP contribution in [-0.4, -0.2) is 18.5 Å². The van der Waals surface area contributed by atoms with Crippen LogP contribution in [-0.2, 0) is 5.41 Å². The molecule has 0 spiro atoms. The fourth-order valence-corrected chi connectivity index (χ4v) is 2.78. The largest absolute Gasteiger partial charge is 0.370 e. The van der Waals surface area contributed by atoms with Crippen LogP contribution in [0.1, 0.15) is 51.5 Å².